The number of methoxy groups -OCH3 is 1. The van der Waals surface area contributed by atoms with Crippen molar-refractivity contribution in [2.24, 2.45) is 0 Å². The van der Waals surface area contributed by atoms with Crippen LogP contribution in [-0.4, -0.2) is 63.0 Å². The predicted molar refractivity (Wildman–Crippen MR) is 85.7 cm³/mol. The molecule has 0 amide bonds. The van der Waals surface area contributed by atoms with E-state index in [0.29, 0.717) is 25.6 Å². The van der Waals surface area contributed by atoms with E-state index in [4.69, 9.17) is 9.47 Å². The second-order valence-electron chi connectivity index (χ2n) is 6.14. The lowest BCUT2D eigenvalue weighted by atomic mass is 10.0. The molecule has 0 unspecified atom stereocenters. The van der Waals surface area contributed by atoms with Crippen molar-refractivity contribution >= 4 is 10.0 Å². The molecule has 0 spiro atoms. The number of aromatic nitrogens is 1. The minimum Gasteiger partial charge on any atom is -0.481 e. The van der Waals surface area contributed by atoms with Gasteiger partial charge >= 0.3 is 0 Å². The van der Waals surface area contributed by atoms with Crippen molar-refractivity contribution in [3.05, 3.63) is 23.9 Å². The van der Waals surface area contributed by atoms with Gasteiger partial charge in [-0.05, 0) is 18.9 Å². The Kier molecular flexibility index (Phi) is 4.86. The Morgan fingerprint density at radius 3 is 3.09 bits per heavy atom. The standard InChI is InChI=1S/C15H23N3O4S/c1-21-15-11(5-3-7-16-15)9-18-10-12(17-23(2,19)20)14-13(18)6-4-8-22-14/h3,5,7,12-14,17H,4,6,8-10H2,1-2H3/t12-,13-,14-/m1/s1. The van der Waals surface area contributed by atoms with Gasteiger partial charge in [0.1, 0.15) is 0 Å². The van der Waals surface area contributed by atoms with Gasteiger partial charge in [0, 0.05) is 37.5 Å². The summed E-state index contributed by atoms with van der Waals surface area (Å²) in [5.41, 5.74) is 0.999. The van der Waals surface area contributed by atoms with Crippen molar-refractivity contribution in [3.8, 4) is 5.88 Å². The number of ether oxygens (including phenoxy) is 2. The first-order chi connectivity index (χ1) is 11.0. The van der Waals surface area contributed by atoms with Gasteiger partial charge < -0.3 is 9.47 Å². The summed E-state index contributed by atoms with van der Waals surface area (Å²) < 4.78 is 37.1. The maximum atomic E-state index is 11.6. The van der Waals surface area contributed by atoms with Crippen LogP contribution in [0.2, 0.25) is 0 Å². The lowest BCUT2D eigenvalue weighted by Crippen LogP contribution is -2.47. The van der Waals surface area contributed by atoms with Crippen LogP contribution in [0.15, 0.2) is 18.3 Å². The summed E-state index contributed by atoms with van der Waals surface area (Å²) in [6.45, 7) is 1.98. The Morgan fingerprint density at radius 2 is 2.35 bits per heavy atom. The van der Waals surface area contributed by atoms with Gasteiger partial charge in [-0.15, -0.1) is 0 Å². The van der Waals surface area contributed by atoms with E-state index in [2.05, 4.69) is 14.6 Å². The minimum atomic E-state index is -3.26. The third kappa shape index (κ3) is 3.82. The monoisotopic (exact) mass is 341 g/mol. The summed E-state index contributed by atoms with van der Waals surface area (Å²) in [6, 6.07) is 3.88. The van der Waals surface area contributed by atoms with Gasteiger partial charge in [0.25, 0.3) is 0 Å². The van der Waals surface area contributed by atoms with Gasteiger partial charge in [-0.3, -0.25) is 4.90 Å². The van der Waals surface area contributed by atoms with Crippen molar-refractivity contribution < 1.29 is 17.9 Å². The van der Waals surface area contributed by atoms with Crippen LogP contribution in [0, 0.1) is 0 Å². The van der Waals surface area contributed by atoms with E-state index in [9.17, 15) is 8.42 Å². The van der Waals surface area contributed by atoms with E-state index in [1.807, 2.05) is 12.1 Å². The summed E-state index contributed by atoms with van der Waals surface area (Å²) in [4.78, 5) is 6.50. The highest BCUT2D eigenvalue weighted by molar-refractivity contribution is 7.88. The number of nitrogens with zero attached hydrogens (tertiary/aromatic N) is 2. The number of rotatable bonds is 5. The second kappa shape index (κ2) is 6.72. The molecule has 0 saturated carbocycles. The number of fused-ring (bicyclic) bond motifs is 1. The summed E-state index contributed by atoms with van der Waals surface area (Å²) in [5.74, 6) is 0.611. The van der Waals surface area contributed by atoms with Gasteiger partial charge in [-0.25, -0.2) is 18.1 Å². The average molecular weight is 341 g/mol. The molecule has 0 aromatic carbocycles. The highest BCUT2D eigenvalue weighted by Crippen LogP contribution is 2.31. The van der Waals surface area contributed by atoms with Crippen molar-refractivity contribution in [1.29, 1.82) is 0 Å². The van der Waals surface area contributed by atoms with E-state index in [1.54, 1.807) is 13.3 Å². The Labute approximate surface area is 137 Å². The molecule has 8 heteroatoms. The zero-order valence-electron chi connectivity index (χ0n) is 13.4. The van der Waals surface area contributed by atoms with Crippen molar-refractivity contribution in [1.82, 2.24) is 14.6 Å². The van der Waals surface area contributed by atoms with Crippen LogP contribution in [0.3, 0.4) is 0 Å². The number of hydrogen-bond donors (Lipinski definition) is 1. The molecule has 3 rings (SSSR count). The molecular weight excluding hydrogens is 318 g/mol. The first kappa shape index (κ1) is 16.6. The fraction of sp³-hybridized carbons (Fsp3) is 0.667. The summed E-state index contributed by atoms with van der Waals surface area (Å²) in [7, 11) is -1.65. The lowest BCUT2D eigenvalue weighted by molar-refractivity contribution is -0.0194. The Bertz CT molecular complexity index is 652. The van der Waals surface area contributed by atoms with Crippen LogP contribution in [0.25, 0.3) is 0 Å². The molecule has 3 atom stereocenters. The molecule has 0 aliphatic carbocycles. The molecule has 7 nitrogen and oxygen atoms in total. The van der Waals surface area contributed by atoms with Gasteiger partial charge in [0.05, 0.1) is 25.5 Å². The average Bonchev–Trinajstić information content (AvgIpc) is 2.84. The highest BCUT2D eigenvalue weighted by atomic mass is 32.2. The number of pyridine rings is 1. The van der Waals surface area contributed by atoms with Crippen LogP contribution < -0.4 is 9.46 Å². The maximum Gasteiger partial charge on any atom is 0.217 e. The van der Waals surface area contributed by atoms with Crippen LogP contribution in [0.4, 0.5) is 0 Å². The molecule has 128 valence electrons. The zero-order valence-corrected chi connectivity index (χ0v) is 14.3. The molecule has 1 N–H and O–H groups in total. The van der Waals surface area contributed by atoms with Gasteiger partial charge in [-0.2, -0.15) is 0 Å². The summed E-state index contributed by atoms with van der Waals surface area (Å²) >= 11 is 0. The molecule has 0 radical (unpaired) electrons. The summed E-state index contributed by atoms with van der Waals surface area (Å²) in [5, 5.41) is 0. The first-order valence-corrected chi connectivity index (χ1v) is 9.68. The van der Waals surface area contributed by atoms with Crippen LogP contribution in [0.1, 0.15) is 18.4 Å². The molecule has 23 heavy (non-hydrogen) atoms. The normalized spacial score (nSPS) is 28.5. The topological polar surface area (TPSA) is 80.8 Å². The number of hydrogen-bond acceptors (Lipinski definition) is 6. The van der Waals surface area contributed by atoms with Crippen molar-refractivity contribution in [2.75, 3.05) is 26.5 Å². The highest BCUT2D eigenvalue weighted by Gasteiger charge is 2.45. The first-order valence-electron chi connectivity index (χ1n) is 7.79. The molecule has 3 heterocycles. The lowest BCUT2D eigenvalue weighted by Gasteiger charge is -2.32. The van der Waals surface area contributed by atoms with Gasteiger partial charge in [0.15, 0.2) is 0 Å². The maximum absolute atomic E-state index is 11.6. The number of sulfonamides is 1. The summed E-state index contributed by atoms with van der Waals surface area (Å²) in [6.07, 6.45) is 4.80. The Hall–Kier alpha value is -1.22. The quantitative estimate of drug-likeness (QED) is 0.833. The Morgan fingerprint density at radius 1 is 1.52 bits per heavy atom. The third-order valence-corrected chi connectivity index (χ3v) is 5.14. The Balaban J connectivity index is 1.79. The van der Waals surface area contributed by atoms with Crippen molar-refractivity contribution in [2.45, 2.75) is 37.6 Å². The van der Waals surface area contributed by atoms with E-state index < -0.39 is 10.0 Å². The molecule has 2 saturated heterocycles. The van der Waals surface area contributed by atoms with E-state index >= 15 is 0 Å². The molecule has 1 aromatic rings. The SMILES string of the molecule is COc1ncccc1CN1C[C@@H](NS(C)(=O)=O)[C@H]2OCCC[C@H]21. The molecule has 0 bridgehead atoms. The third-order valence-electron chi connectivity index (χ3n) is 4.41. The van der Waals surface area contributed by atoms with Crippen LogP contribution in [-0.2, 0) is 21.3 Å². The molecule has 2 aliphatic heterocycles. The predicted octanol–water partition coefficient (Wildman–Crippen LogP) is 0.371. The van der Waals surface area contributed by atoms with Gasteiger partial charge in [-0.1, -0.05) is 6.07 Å². The molecule has 2 fully saturated rings. The van der Waals surface area contributed by atoms with E-state index in [-0.39, 0.29) is 18.2 Å². The zero-order chi connectivity index (χ0) is 16.4. The fourth-order valence-electron chi connectivity index (χ4n) is 3.56. The largest absolute Gasteiger partial charge is 0.481 e. The van der Waals surface area contributed by atoms with Crippen molar-refractivity contribution in [3.63, 3.8) is 0 Å². The number of nitrogens with one attached hydrogen (secondary N) is 1. The molecule has 2 aliphatic rings. The second-order valence-corrected chi connectivity index (χ2v) is 7.92. The minimum absolute atomic E-state index is 0.0962. The smallest absolute Gasteiger partial charge is 0.217 e. The fourth-order valence-corrected chi connectivity index (χ4v) is 4.32. The van der Waals surface area contributed by atoms with E-state index in [0.717, 1.165) is 18.4 Å². The van der Waals surface area contributed by atoms with Crippen LogP contribution in [0.5, 0.6) is 5.88 Å². The van der Waals surface area contributed by atoms with Crippen LogP contribution >= 0.6 is 0 Å². The molecule has 1 aromatic heterocycles. The van der Waals surface area contributed by atoms with Gasteiger partial charge in [0.2, 0.25) is 15.9 Å². The van der Waals surface area contributed by atoms with E-state index in [1.165, 1.54) is 6.26 Å². The molecular formula is C15H23N3O4S. The number of likely N-dealkylation sites (tertiary alicyclic amines) is 1.